The molecule has 0 radical (unpaired) electrons. The summed E-state index contributed by atoms with van der Waals surface area (Å²) in [7, 11) is 0. The lowest BCUT2D eigenvalue weighted by atomic mass is 9.82. The molecule has 7 nitrogen and oxygen atoms in total. The lowest BCUT2D eigenvalue weighted by molar-refractivity contribution is -0.125. The third kappa shape index (κ3) is 3.00. The highest BCUT2D eigenvalue weighted by Gasteiger charge is 2.32. The van der Waals surface area contributed by atoms with Gasteiger partial charge in [0.25, 0.3) is 0 Å². The van der Waals surface area contributed by atoms with Gasteiger partial charge in [-0.1, -0.05) is 19.3 Å². The van der Waals surface area contributed by atoms with E-state index in [9.17, 15) is 9.90 Å². The van der Waals surface area contributed by atoms with Crippen LogP contribution in [0.4, 0.5) is 0 Å². The fourth-order valence-electron chi connectivity index (χ4n) is 2.29. The van der Waals surface area contributed by atoms with Gasteiger partial charge in [0, 0.05) is 0 Å². The molecule has 1 aliphatic rings. The molecule has 0 aliphatic heterocycles. The van der Waals surface area contributed by atoms with Crippen molar-refractivity contribution in [2.45, 2.75) is 44.2 Å². The first-order valence-corrected chi connectivity index (χ1v) is 5.87. The van der Waals surface area contributed by atoms with Crippen molar-refractivity contribution in [1.29, 1.82) is 0 Å². The summed E-state index contributed by atoms with van der Waals surface area (Å²) in [6.45, 7) is 0.0864. The zero-order valence-corrected chi connectivity index (χ0v) is 9.67. The number of nitrogens with zero attached hydrogens (tertiary/aromatic N) is 4. The number of hydrogen-bond donors (Lipinski definition) is 2. The molecule has 0 unspecified atom stereocenters. The smallest absolute Gasteiger partial charge is 0.242 e. The van der Waals surface area contributed by atoms with Crippen LogP contribution in [0.5, 0.6) is 0 Å². The normalized spacial score (nSPS) is 18.9. The molecule has 1 aromatic rings. The molecule has 1 fully saturated rings. The Morgan fingerprint density at radius 3 is 2.76 bits per heavy atom. The molecule has 1 aliphatic carbocycles. The first kappa shape index (κ1) is 12.0. The molecule has 0 spiro atoms. The molecule has 17 heavy (non-hydrogen) atoms. The second-order valence-corrected chi connectivity index (χ2v) is 4.55. The Bertz CT molecular complexity index is 359. The van der Waals surface area contributed by atoms with Crippen LogP contribution in [0.3, 0.4) is 0 Å². The van der Waals surface area contributed by atoms with Crippen molar-refractivity contribution in [2.24, 2.45) is 0 Å². The summed E-state index contributed by atoms with van der Waals surface area (Å²) in [6, 6.07) is 0. The maximum atomic E-state index is 11.8. The number of carbonyl (C=O) groups excluding carboxylic acids is 1. The summed E-state index contributed by atoms with van der Waals surface area (Å²) in [5.74, 6) is -0.159. The minimum Gasteiger partial charge on any atom is -0.394 e. The number of amides is 1. The molecule has 1 aromatic heterocycles. The van der Waals surface area contributed by atoms with Gasteiger partial charge in [0.05, 0.1) is 12.1 Å². The number of nitrogens with one attached hydrogen (secondary N) is 1. The van der Waals surface area contributed by atoms with Crippen LogP contribution >= 0.6 is 0 Å². The van der Waals surface area contributed by atoms with Gasteiger partial charge in [0.2, 0.25) is 5.91 Å². The summed E-state index contributed by atoms with van der Waals surface area (Å²) >= 11 is 0. The van der Waals surface area contributed by atoms with Crippen molar-refractivity contribution < 1.29 is 9.90 Å². The van der Waals surface area contributed by atoms with Crippen LogP contribution in [0, 0.1) is 0 Å². The molecule has 0 aromatic carbocycles. The summed E-state index contributed by atoms with van der Waals surface area (Å²) in [4.78, 5) is 11.8. The highest BCUT2D eigenvalue weighted by Crippen LogP contribution is 2.27. The molecule has 1 amide bonds. The van der Waals surface area contributed by atoms with E-state index >= 15 is 0 Å². The molecule has 94 valence electrons. The van der Waals surface area contributed by atoms with E-state index in [1.807, 2.05) is 0 Å². The molecule has 0 atom stereocenters. The van der Waals surface area contributed by atoms with E-state index in [-0.39, 0.29) is 19.1 Å². The van der Waals surface area contributed by atoms with Gasteiger partial charge in [0.1, 0.15) is 12.9 Å². The summed E-state index contributed by atoms with van der Waals surface area (Å²) in [6.07, 6.45) is 6.34. The second-order valence-electron chi connectivity index (χ2n) is 4.55. The van der Waals surface area contributed by atoms with E-state index < -0.39 is 5.54 Å². The largest absolute Gasteiger partial charge is 0.394 e. The lowest BCUT2D eigenvalue weighted by Gasteiger charge is -2.36. The van der Waals surface area contributed by atoms with Gasteiger partial charge in [0.15, 0.2) is 0 Å². The van der Waals surface area contributed by atoms with Crippen LogP contribution in [0.25, 0.3) is 0 Å². The average Bonchev–Trinajstić information content (AvgIpc) is 2.83. The fourth-order valence-corrected chi connectivity index (χ4v) is 2.29. The molecule has 1 heterocycles. The number of rotatable bonds is 4. The number of aliphatic hydroxyl groups is 1. The molecular weight excluding hydrogens is 222 g/mol. The number of tetrazole rings is 1. The van der Waals surface area contributed by atoms with Crippen molar-refractivity contribution in [3.63, 3.8) is 0 Å². The predicted octanol–water partition coefficient (Wildman–Crippen LogP) is -0.516. The zero-order valence-electron chi connectivity index (χ0n) is 9.67. The van der Waals surface area contributed by atoms with Gasteiger partial charge in [-0.2, -0.15) is 0 Å². The first-order chi connectivity index (χ1) is 8.24. The fraction of sp³-hybridized carbons (Fsp3) is 0.800. The third-order valence-corrected chi connectivity index (χ3v) is 3.21. The number of aliphatic hydroxyl groups excluding tert-OH is 1. The standard InChI is InChI=1S/C10H17N5O2/c16-7-10(4-2-1-3-5-10)12-9(17)6-15-8-11-13-14-15/h8,16H,1-7H2,(H,12,17). The highest BCUT2D eigenvalue weighted by atomic mass is 16.3. The van der Waals surface area contributed by atoms with Crippen LogP contribution in [0.2, 0.25) is 0 Å². The highest BCUT2D eigenvalue weighted by molar-refractivity contribution is 5.76. The Kier molecular flexibility index (Phi) is 3.68. The number of hydrogen-bond acceptors (Lipinski definition) is 5. The predicted molar refractivity (Wildman–Crippen MR) is 58.9 cm³/mol. The van der Waals surface area contributed by atoms with Gasteiger partial charge < -0.3 is 10.4 Å². The molecule has 1 saturated carbocycles. The van der Waals surface area contributed by atoms with E-state index in [1.54, 1.807) is 0 Å². The van der Waals surface area contributed by atoms with Crippen LogP contribution in [0.1, 0.15) is 32.1 Å². The molecule has 2 rings (SSSR count). The number of carbonyl (C=O) groups is 1. The van der Waals surface area contributed by atoms with Crippen molar-refractivity contribution in [3.05, 3.63) is 6.33 Å². The molecule has 0 bridgehead atoms. The Balaban J connectivity index is 1.91. The van der Waals surface area contributed by atoms with Crippen LogP contribution in [0.15, 0.2) is 6.33 Å². The Morgan fingerprint density at radius 2 is 2.18 bits per heavy atom. The van der Waals surface area contributed by atoms with Gasteiger partial charge in [-0.05, 0) is 23.3 Å². The minimum absolute atomic E-state index is 0.00561. The second kappa shape index (κ2) is 5.22. The van der Waals surface area contributed by atoms with Gasteiger partial charge >= 0.3 is 0 Å². The van der Waals surface area contributed by atoms with E-state index in [4.69, 9.17) is 0 Å². The minimum atomic E-state index is -0.441. The summed E-state index contributed by atoms with van der Waals surface area (Å²) < 4.78 is 1.36. The maximum absolute atomic E-state index is 11.8. The van der Waals surface area contributed by atoms with Crippen molar-refractivity contribution in [2.75, 3.05) is 6.61 Å². The Morgan fingerprint density at radius 1 is 1.41 bits per heavy atom. The topological polar surface area (TPSA) is 92.9 Å². The quantitative estimate of drug-likeness (QED) is 0.737. The van der Waals surface area contributed by atoms with Gasteiger partial charge in [-0.25, -0.2) is 4.68 Å². The summed E-state index contributed by atoms with van der Waals surface area (Å²) in [5.41, 5.74) is -0.441. The van der Waals surface area contributed by atoms with Crippen molar-refractivity contribution in [3.8, 4) is 0 Å². The van der Waals surface area contributed by atoms with E-state index in [1.165, 1.54) is 17.4 Å². The molecule has 7 heteroatoms. The molecular formula is C10H17N5O2. The average molecular weight is 239 g/mol. The van der Waals surface area contributed by atoms with Crippen LogP contribution in [-0.2, 0) is 11.3 Å². The van der Waals surface area contributed by atoms with Crippen molar-refractivity contribution >= 4 is 5.91 Å². The monoisotopic (exact) mass is 239 g/mol. The third-order valence-electron chi connectivity index (χ3n) is 3.21. The Hall–Kier alpha value is -1.50. The lowest BCUT2D eigenvalue weighted by Crippen LogP contribution is -2.53. The van der Waals surface area contributed by atoms with E-state index in [0.29, 0.717) is 0 Å². The summed E-state index contributed by atoms with van der Waals surface area (Å²) in [5, 5.41) is 22.9. The van der Waals surface area contributed by atoms with Crippen molar-refractivity contribution in [1.82, 2.24) is 25.5 Å². The SMILES string of the molecule is O=C(Cn1cnnn1)NC1(CO)CCCCC1. The molecule has 2 N–H and O–H groups in total. The van der Waals surface area contributed by atoms with Gasteiger partial charge in [-0.3, -0.25) is 4.79 Å². The number of aromatic nitrogens is 4. The van der Waals surface area contributed by atoms with E-state index in [0.717, 1.165) is 25.7 Å². The molecule has 0 saturated heterocycles. The Labute approximate surface area is 99.2 Å². The first-order valence-electron chi connectivity index (χ1n) is 5.87. The van der Waals surface area contributed by atoms with Crippen LogP contribution in [-0.4, -0.2) is 43.4 Å². The van der Waals surface area contributed by atoms with Gasteiger partial charge in [-0.15, -0.1) is 5.10 Å². The van der Waals surface area contributed by atoms with Crippen LogP contribution < -0.4 is 5.32 Å². The maximum Gasteiger partial charge on any atom is 0.242 e. The zero-order chi connectivity index (χ0) is 12.1. The van der Waals surface area contributed by atoms with E-state index in [2.05, 4.69) is 20.8 Å².